The zero-order valence-electron chi connectivity index (χ0n) is 20.5. The average Bonchev–Trinajstić information content (AvgIpc) is 3.16. The summed E-state index contributed by atoms with van der Waals surface area (Å²) in [6, 6.07) is 11.2. The van der Waals surface area contributed by atoms with Gasteiger partial charge in [0.2, 0.25) is 11.8 Å². The number of furan rings is 1. The molecule has 2 aliphatic rings. The normalized spacial score (nSPS) is 24.0. The first-order valence-electron chi connectivity index (χ1n) is 12.5. The maximum absolute atomic E-state index is 13.4. The van der Waals surface area contributed by atoms with Crippen molar-refractivity contribution in [2.75, 3.05) is 19.6 Å². The first-order valence-corrected chi connectivity index (χ1v) is 12.9. The Morgan fingerprint density at radius 3 is 2.59 bits per heavy atom. The Morgan fingerprint density at radius 2 is 1.88 bits per heavy atom. The lowest BCUT2D eigenvalue weighted by Gasteiger charge is -2.48. The topological polar surface area (TPSA) is 65.8 Å². The van der Waals surface area contributed by atoms with E-state index in [9.17, 15) is 9.59 Å². The summed E-state index contributed by atoms with van der Waals surface area (Å²) < 4.78 is 6.11. The van der Waals surface area contributed by atoms with Crippen molar-refractivity contribution in [2.24, 2.45) is 5.92 Å². The maximum Gasteiger partial charge on any atom is 0.246 e. The number of nitrogens with zero attached hydrogens (tertiary/aromatic N) is 2. The minimum absolute atomic E-state index is 0.0241. The lowest BCUT2D eigenvalue weighted by Crippen LogP contribution is -2.71. The Kier molecular flexibility index (Phi) is 7.68. The lowest BCUT2D eigenvalue weighted by atomic mass is 9.83. The summed E-state index contributed by atoms with van der Waals surface area (Å²) in [5, 5.41) is 3.79. The molecule has 4 rings (SSSR count). The van der Waals surface area contributed by atoms with Crippen LogP contribution in [0, 0.1) is 5.92 Å². The molecule has 7 heteroatoms. The maximum atomic E-state index is 13.4. The van der Waals surface area contributed by atoms with Crippen LogP contribution in [-0.2, 0) is 16.1 Å². The van der Waals surface area contributed by atoms with Crippen LogP contribution in [0.2, 0.25) is 5.02 Å². The van der Waals surface area contributed by atoms with E-state index in [1.807, 2.05) is 41.3 Å². The fourth-order valence-electron chi connectivity index (χ4n) is 5.34. The summed E-state index contributed by atoms with van der Waals surface area (Å²) >= 11 is 6.00. The Bertz CT molecular complexity index is 1000. The number of amides is 2. The Labute approximate surface area is 207 Å². The molecule has 2 aromatic rings. The Balaban J connectivity index is 1.46. The fraction of sp³-hybridized carbons (Fsp3) is 0.556. The van der Waals surface area contributed by atoms with Gasteiger partial charge in [-0.2, -0.15) is 0 Å². The molecule has 2 saturated heterocycles. The second-order valence-corrected chi connectivity index (χ2v) is 10.5. The second kappa shape index (κ2) is 10.5. The van der Waals surface area contributed by atoms with Crippen molar-refractivity contribution in [3.63, 3.8) is 0 Å². The quantitative estimate of drug-likeness (QED) is 0.592. The summed E-state index contributed by atoms with van der Waals surface area (Å²) in [5.74, 6) is 2.17. The third-order valence-corrected chi connectivity index (χ3v) is 7.29. The summed E-state index contributed by atoms with van der Waals surface area (Å²) in [7, 11) is 0. The van der Waals surface area contributed by atoms with E-state index in [4.69, 9.17) is 16.0 Å². The van der Waals surface area contributed by atoms with Crippen LogP contribution in [0.3, 0.4) is 0 Å². The number of carbonyl (C=O) groups excluding carboxylic acids is 2. The van der Waals surface area contributed by atoms with Crippen LogP contribution in [0.5, 0.6) is 0 Å². The second-order valence-electron chi connectivity index (χ2n) is 10.1. The zero-order valence-corrected chi connectivity index (χ0v) is 21.2. The van der Waals surface area contributed by atoms with Gasteiger partial charge in [0.05, 0.1) is 6.54 Å². The Hall–Kier alpha value is -2.31. The minimum atomic E-state index is -0.743. The number of halogens is 1. The van der Waals surface area contributed by atoms with E-state index in [0.29, 0.717) is 43.3 Å². The number of piperazine rings is 1. The van der Waals surface area contributed by atoms with Gasteiger partial charge in [-0.1, -0.05) is 32.4 Å². The third kappa shape index (κ3) is 5.18. The monoisotopic (exact) mass is 485 g/mol. The molecule has 2 fully saturated rings. The van der Waals surface area contributed by atoms with Gasteiger partial charge in [-0.3, -0.25) is 14.5 Å². The molecule has 2 unspecified atom stereocenters. The zero-order chi connectivity index (χ0) is 24.3. The van der Waals surface area contributed by atoms with Crippen LogP contribution < -0.4 is 5.32 Å². The number of likely N-dealkylation sites (tertiary alicyclic amines) is 1. The van der Waals surface area contributed by atoms with E-state index >= 15 is 0 Å². The number of carbonyl (C=O) groups is 2. The van der Waals surface area contributed by atoms with Crippen molar-refractivity contribution in [3.05, 3.63) is 47.2 Å². The number of rotatable bonds is 7. The molecule has 0 aliphatic carbocycles. The van der Waals surface area contributed by atoms with Gasteiger partial charge >= 0.3 is 0 Å². The molecule has 0 bridgehead atoms. The largest absolute Gasteiger partial charge is 0.460 e. The highest BCUT2D eigenvalue weighted by Crippen LogP contribution is 2.35. The highest BCUT2D eigenvalue weighted by atomic mass is 35.5. The molecular weight excluding hydrogens is 450 g/mol. The van der Waals surface area contributed by atoms with Gasteiger partial charge in [0.15, 0.2) is 0 Å². The van der Waals surface area contributed by atoms with Crippen LogP contribution in [0.25, 0.3) is 11.3 Å². The highest BCUT2D eigenvalue weighted by molar-refractivity contribution is 6.30. The lowest BCUT2D eigenvalue weighted by molar-refractivity contribution is -0.159. The molecule has 1 aromatic heterocycles. The van der Waals surface area contributed by atoms with Gasteiger partial charge in [-0.15, -0.1) is 0 Å². The van der Waals surface area contributed by atoms with Crippen LogP contribution in [0.1, 0.15) is 58.6 Å². The fourth-order valence-corrected chi connectivity index (χ4v) is 5.46. The molecule has 2 aliphatic heterocycles. The molecule has 1 N–H and O–H groups in total. The first kappa shape index (κ1) is 24.8. The summed E-state index contributed by atoms with van der Waals surface area (Å²) in [6.07, 6.45) is 3.73. The first-order chi connectivity index (χ1) is 16.3. The van der Waals surface area contributed by atoms with Crippen molar-refractivity contribution >= 4 is 23.4 Å². The van der Waals surface area contributed by atoms with E-state index < -0.39 is 11.6 Å². The van der Waals surface area contributed by atoms with Gasteiger partial charge < -0.3 is 14.6 Å². The molecule has 184 valence electrons. The highest BCUT2D eigenvalue weighted by Gasteiger charge is 2.52. The smallest absolute Gasteiger partial charge is 0.246 e. The number of hydrogen-bond donors (Lipinski definition) is 1. The molecule has 0 saturated carbocycles. The van der Waals surface area contributed by atoms with E-state index in [1.54, 1.807) is 0 Å². The predicted molar refractivity (Wildman–Crippen MR) is 134 cm³/mol. The van der Waals surface area contributed by atoms with Crippen LogP contribution in [-0.4, -0.2) is 52.8 Å². The van der Waals surface area contributed by atoms with Crippen LogP contribution in [0.15, 0.2) is 40.8 Å². The van der Waals surface area contributed by atoms with Crippen molar-refractivity contribution in [1.82, 2.24) is 15.1 Å². The minimum Gasteiger partial charge on any atom is -0.460 e. The average molecular weight is 486 g/mol. The molecule has 2 amide bonds. The van der Waals surface area contributed by atoms with E-state index in [1.165, 1.54) is 0 Å². The molecule has 1 aromatic carbocycles. The van der Waals surface area contributed by atoms with Crippen molar-refractivity contribution in [2.45, 2.75) is 71.0 Å². The summed E-state index contributed by atoms with van der Waals surface area (Å²) in [4.78, 5) is 31.1. The van der Waals surface area contributed by atoms with E-state index in [0.717, 1.165) is 43.0 Å². The van der Waals surface area contributed by atoms with Gasteiger partial charge in [0.25, 0.3) is 0 Å². The molecule has 6 nitrogen and oxygen atoms in total. The van der Waals surface area contributed by atoms with E-state index in [2.05, 4.69) is 31.0 Å². The van der Waals surface area contributed by atoms with Crippen molar-refractivity contribution in [1.29, 1.82) is 0 Å². The molecular formula is C27H36ClN3O3. The van der Waals surface area contributed by atoms with Gasteiger partial charge in [-0.05, 0) is 81.0 Å². The molecule has 2 atom stereocenters. The summed E-state index contributed by atoms with van der Waals surface area (Å²) in [6.45, 7) is 9.17. The molecule has 34 heavy (non-hydrogen) atoms. The number of nitrogens with one attached hydrogen (secondary N) is 1. The standard InChI is InChI=1S/C27H36ClN3O3/c1-4-14-31-25(32)23(17-19(2)3)29-26(33)27(31)12-5-15-30(16-13-27)18-22-10-11-24(34-22)20-6-8-21(28)9-7-20/h6-11,19,23H,4-5,12-18H2,1-3H3,(H,29,33). The third-order valence-electron chi connectivity index (χ3n) is 7.04. The van der Waals surface area contributed by atoms with Gasteiger partial charge in [0.1, 0.15) is 23.1 Å². The number of benzene rings is 1. The summed E-state index contributed by atoms with van der Waals surface area (Å²) in [5.41, 5.74) is 0.251. The van der Waals surface area contributed by atoms with E-state index in [-0.39, 0.29) is 11.8 Å². The van der Waals surface area contributed by atoms with Crippen molar-refractivity contribution < 1.29 is 14.0 Å². The molecule has 1 spiro atoms. The van der Waals surface area contributed by atoms with Gasteiger partial charge in [0, 0.05) is 23.7 Å². The van der Waals surface area contributed by atoms with Crippen LogP contribution >= 0.6 is 11.6 Å². The predicted octanol–water partition coefficient (Wildman–Crippen LogP) is 5.11. The van der Waals surface area contributed by atoms with Gasteiger partial charge in [-0.25, -0.2) is 0 Å². The molecule has 3 heterocycles. The SMILES string of the molecule is CCCN1C(=O)C(CC(C)C)NC(=O)C12CCCN(Cc1ccc(-c3ccc(Cl)cc3)o1)CC2. The Morgan fingerprint density at radius 1 is 1.12 bits per heavy atom. The van der Waals surface area contributed by atoms with Crippen LogP contribution in [0.4, 0.5) is 0 Å². The number of hydrogen-bond acceptors (Lipinski definition) is 4. The van der Waals surface area contributed by atoms with Crippen molar-refractivity contribution in [3.8, 4) is 11.3 Å². The molecule has 0 radical (unpaired) electrons.